The Kier molecular flexibility index (Phi) is 4.75. The van der Waals surface area contributed by atoms with E-state index < -0.39 is 24.7 Å². The highest BCUT2D eigenvalue weighted by Gasteiger charge is 2.17. The van der Waals surface area contributed by atoms with E-state index in [1.54, 1.807) is 35.8 Å². The van der Waals surface area contributed by atoms with Crippen LogP contribution in [0.15, 0.2) is 48.9 Å². The third kappa shape index (κ3) is 3.68. The van der Waals surface area contributed by atoms with Crippen molar-refractivity contribution < 1.29 is 18.0 Å². The number of hydrogen-bond acceptors (Lipinski definition) is 4. The molecule has 0 bridgehead atoms. The van der Waals surface area contributed by atoms with Crippen LogP contribution in [-0.2, 0) is 6.54 Å². The summed E-state index contributed by atoms with van der Waals surface area (Å²) < 4.78 is 42.0. The van der Waals surface area contributed by atoms with Crippen LogP contribution in [0.5, 0.6) is 0 Å². The quantitative estimate of drug-likeness (QED) is 0.556. The third-order valence-corrected chi connectivity index (χ3v) is 4.37. The van der Waals surface area contributed by atoms with Crippen molar-refractivity contribution in [1.29, 1.82) is 0 Å². The molecule has 0 atom stereocenters. The predicted molar refractivity (Wildman–Crippen MR) is 99.3 cm³/mol. The number of halogens is 3. The summed E-state index contributed by atoms with van der Waals surface area (Å²) in [5, 5.41) is 14.2. The van der Waals surface area contributed by atoms with Gasteiger partial charge in [0.05, 0.1) is 23.5 Å². The smallest absolute Gasteiger partial charge is 0.259 e. The zero-order valence-corrected chi connectivity index (χ0v) is 15.2. The van der Waals surface area contributed by atoms with Crippen molar-refractivity contribution in [2.45, 2.75) is 19.9 Å². The molecule has 0 spiro atoms. The Morgan fingerprint density at radius 1 is 1.28 bits per heavy atom. The lowest BCUT2D eigenvalue weighted by molar-refractivity contribution is 0.102. The van der Waals surface area contributed by atoms with Gasteiger partial charge >= 0.3 is 0 Å². The van der Waals surface area contributed by atoms with Crippen LogP contribution in [0, 0.1) is 12.7 Å². The molecule has 0 aliphatic rings. The van der Waals surface area contributed by atoms with Crippen LogP contribution in [0.2, 0.25) is 0 Å². The minimum Gasteiger partial charge on any atom is -0.322 e. The standard InChI is InChI=1S/C19H15F3N6O/c1-11-6-14(20)12(16-9-27(26-25-16)10-18(21)22)7-15(11)24-19(29)13-8-23-28-5-3-2-4-17(13)28/h2-9,18H,10H2,1H3,(H,24,29). The Morgan fingerprint density at radius 3 is 2.90 bits per heavy atom. The van der Waals surface area contributed by atoms with E-state index in [1.165, 1.54) is 24.5 Å². The normalized spacial score (nSPS) is 11.3. The molecule has 0 radical (unpaired) electrons. The molecule has 0 aliphatic carbocycles. The molecular weight excluding hydrogens is 385 g/mol. The topological polar surface area (TPSA) is 77.1 Å². The maximum atomic E-state index is 14.5. The summed E-state index contributed by atoms with van der Waals surface area (Å²) in [6, 6.07) is 7.99. The van der Waals surface area contributed by atoms with Gasteiger partial charge < -0.3 is 5.32 Å². The number of nitrogens with zero attached hydrogens (tertiary/aromatic N) is 5. The van der Waals surface area contributed by atoms with Crippen molar-refractivity contribution in [3.05, 3.63) is 65.9 Å². The maximum Gasteiger partial charge on any atom is 0.259 e. The highest BCUT2D eigenvalue weighted by molar-refractivity contribution is 6.09. The van der Waals surface area contributed by atoms with Crippen LogP contribution in [0.25, 0.3) is 16.8 Å². The zero-order valence-electron chi connectivity index (χ0n) is 15.2. The number of benzene rings is 1. The molecule has 3 aromatic heterocycles. The Hall–Kier alpha value is -3.69. The number of hydrogen-bond donors (Lipinski definition) is 1. The predicted octanol–water partition coefficient (Wildman–Crippen LogP) is 3.56. The van der Waals surface area contributed by atoms with E-state index >= 15 is 0 Å². The first-order valence-electron chi connectivity index (χ1n) is 8.65. The van der Waals surface area contributed by atoms with E-state index in [1.807, 2.05) is 0 Å². The molecule has 0 saturated heterocycles. The van der Waals surface area contributed by atoms with Gasteiger partial charge in [0, 0.05) is 17.4 Å². The lowest BCUT2D eigenvalue weighted by atomic mass is 10.1. The second-order valence-corrected chi connectivity index (χ2v) is 6.41. The monoisotopic (exact) mass is 400 g/mol. The van der Waals surface area contributed by atoms with Crippen LogP contribution in [0.3, 0.4) is 0 Å². The lowest BCUT2D eigenvalue weighted by Crippen LogP contribution is -2.13. The van der Waals surface area contributed by atoms with Gasteiger partial charge in [0.25, 0.3) is 12.3 Å². The van der Waals surface area contributed by atoms with Crippen LogP contribution in [0.4, 0.5) is 18.9 Å². The van der Waals surface area contributed by atoms with Crippen LogP contribution in [-0.4, -0.2) is 36.9 Å². The zero-order chi connectivity index (χ0) is 20.5. The van der Waals surface area contributed by atoms with Crippen LogP contribution < -0.4 is 5.32 Å². The van der Waals surface area contributed by atoms with Gasteiger partial charge in [0.15, 0.2) is 0 Å². The number of fused-ring (bicyclic) bond motifs is 1. The molecule has 0 aliphatic heterocycles. The number of nitrogens with one attached hydrogen (secondary N) is 1. The molecule has 10 heteroatoms. The van der Waals surface area contributed by atoms with Gasteiger partial charge in [-0.2, -0.15) is 5.10 Å². The fraction of sp³-hybridized carbons (Fsp3) is 0.158. The summed E-state index contributed by atoms with van der Waals surface area (Å²) in [4.78, 5) is 12.7. The van der Waals surface area contributed by atoms with Gasteiger partial charge in [0.1, 0.15) is 18.1 Å². The number of aromatic nitrogens is 5. The average molecular weight is 400 g/mol. The van der Waals surface area contributed by atoms with Crippen LogP contribution >= 0.6 is 0 Å². The SMILES string of the molecule is Cc1cc(F)c(-c2cn(CC(F)F)nn2)cc1NC(=O)c1cnn2ccccc12. The van der Waals surface area contributed by atoms with E-state index in [-0.39, 0.29) is 11.3 Å². The summed E-state index contributed by atoms with van der Waals surface area (Å²) >= 11 is 0. The van der Waals surface area contributed by atoms with Gasteiger partial charge in [0.2, 0.25) is 0 Å². The molecular formula is C19H15F3N6O. The van der Waals surface area contributed by atoms with Crippen LogP contribution in [0.1, 0.15) is 15.9 Å². The summed E-state index contributed by atoms with van der Waals surface area (Å²) in [6.45, 7) is 1.00. The van der Waals surface area contributed by atoms with Gasteiger partial charge in [-0.05, 0) is 36.8 Å². The molecule has 3 heterocycles. The molecule has 0 fully saturated rings. The highest BCUT2D eigenvalue weighted by atomic mass is 19.3. The number of pyridine rings is 1. The molecule has 0 saturated carbocycles. The molecule has 1 amide bonds. The summed E-state index contributed by atoms with van der Waals surface area (Å²) in [6.07, 6.45) is 1.79. The molecule has 7 nitrogen and oxygen atoms in total. The van der Waals surface area contributed by atoms with E-state index in [0.29, 0.717) is 22.3 Å². The maximum absolute atomic E-state index is 14.5. The second-order valence-electron chi connectivity index (χ2n) is 6.41. The fourth-order valence-corrected chi connectivity index (χ4v) is 2.96. The van der Waals surface area contributed by atoms with Crippen molar-refractivity contribution in [1.82, 2.24) is 24.6 Å². The third-order valence-electron chi connectivity index (χ3n) is 4.37. The molecule has 4 aromatic rings. The summed E-state index contributed by atoms with van der Waals surface area (Å²) in [5.41, 5.74) is 1.99. The van der Waals surface area contributed by atoms with Gasteiger partial charge in [-0.1, -0.05) is 11.3 Å². The number of aryl methyl sites for hydroxylation is 1. The summed E-state index contributed by atoms with van der Waals surface area (Å²) in [7, 11) is 0. The van der Waals surface area contributed by atoms with Crippen molar-refractivity contribution >= 4 is 17.1 Å². The van der Waals surface area contributed by atoms with E-state index in [9.17, 15) is 18.0 Å². The summed E-state index contributed by atoms with van der Waals surface area (Å²) in [5.74, 6) is -1.01. The Morgan fingerprint density at radius 2 is 2.10 bits per heavy atom. The molecule has 0 unspecified atom stereocenters. The van der Waals surface area contributed by atoms with Crippen molar-refractivity contribution in [3.8, 4) is 11.3 Å². The van der Waals surface area contributed by atoms with Crippen molar-refractivity contribution in [3.63, 3.8) is 0 Å². The Labute approximate surface area is 162 Å². The van der Waals surface area contributed by atoms with E-state index in [0.717, 1.165) is 4.68 Å². The van der Waals surface area contributed by atoms with Gasteiger partial charge in [-0.15, -0.1) is 5.10 Å². The lowest BCUT2D eigenvalue weighted by Gasteiger charge is -2.10. The van der Waals surface area contributed by atoms with E-state index in [4.69, 9.17) is 0 Å². The Bertz CT molecular complexity index is 1200. The van der Waals surface area contributed by atoms with Crippen molar-refractivity contribution in [2.24, 2.45) is 0 Å². The first-order chi connectivity index (χ1) is 13.9. The first kappa shape index (κ1) is 18.7. The number of rotatable bonds is 5. The average Bonchev–Trinajstić information content (AvgIpc) is 3.30. The van der Waals surface area contributed by atoms with Gasteiger partial charge in [-0.3, -0.25) is 4.79 Å². The number of carbonyl (C=O) groups is 1. The molecule has 1 aromatic carbocycles. The highest BCUT2D eigenvalue weighted by Crippen LogP contribution is 2.28. The van der Waals surface area contributed by atoms with Gasteiger partial charge in [-0.25, -0.2) is 22.4 Å². The second kappa shape index (κ2) is 7.38. The number of alkyl halides is 2. The fourth-order valence-electron chi connectivity index (χ4n) is 2.96. The largest absolute Gasteiger partial charge is 0.322 e. The number of amides is 1. The van der Waals surface area contributed by atoms with Crippen molar-refractivity contribution in [2.75, 3.05) is 5.32 Å². The molecule has 1 N–H and O–H groups in total. The molecule has 148 valence electrons. The molecule has 4 rings (SSSR count). The number of carbonyl (C=O) groups excluding carboxylic acids is 1. The first-order valence-corrected chi connectivity index (χ1v) is 8.65. The number of anilines is 1. The minimum absolute atomic E-state index is 0.0475. The molecule has 29 heavy (non-hydrogen) atoms. The van der Waals surface area contributed by atoms with E-state index in [2.05, 4.69) is 20.7 Å². The minimum atomic E-state index is -2.60. The Balaban J connectivity index is 1.65.